The average Bonchev–Trinajstić information content (AvgIpc) is 3.23. The van der Waals surface area contributed by atoms with Gasteiger partial charge in [-0.3, -0.25) is 14.3 Å². The highest BCUT2D eigenvalue weighted by atomic mass is 35.5. The van der Waals surface area contributed by atoms with Crippen molar-refractivity contribution in [2.24, 2.45) is 0 Å². The third-order valence-corrected chi connectivity index (χ3v) is 6.31. The lowest BCUT2D eigenvalue weighted by molar-refractivity contribution is 0.0683. The van der Waals surface area contributed by atoms with Gasteiger partial charge in [0.1, 0.15) is 5.69 Å². The average molecular weight is 471 g/mol. The first kappa shape index (κ1) is 22.4. The fourth-order valence-electron chi connectivity index (χ4n) is 3.77. The van der Waals surface area contributed by atoms with Crippen LogP contribution in [0, 0.1) is 0 Å². The highest BCUT2D eigenvalue weighted by molar-refractivity contribution is 6.36. The maximum atomic E-state index is 13.0. The summed E-state index contributed by atoms with van der Waals surface area (Å²) < 4.78 is 1.59. The highest BCUT2D eigenvalue weighted by Crippen LogP contribution is 2.27. The van der Waals surface area contributed by atoms with Crippen molar-refractivity contribution in [3.63, 3.8) is 0 Å². The number of hydrogen-bond donors (Lipinski definition) is 1. The van der Waals surface area contributed by atoms with Crippen molar-refractivity contribution in [1.82, 2.24) is 20.0 Å². The summed E-state index contributed by atoms with van der Waals surface area (Å²) >= 11 is 12.5. The van der Waals surface area contributed by atoms with E-state index in [2.05, 4.69) is 22.5 Å². The minimum Gasteiger partial charge on any atom is -0.348 e. The van der Waals surface area contributed by atoms with E-state index in [9.17, 15) is 9.59 Å². The number of halogens is 2. The second kappa shape index (κ2) is 9.76. The van der Waals surface area contributed by atoms with Gasteiger partial charge in [0.15, 0.2) is 5.69 Å². The summed E-state index contributed by atoms with van der Waals surface area (Å²) in [5, 5.41) is 8.38. The van der Waals surface area contributed by atoms with E-state index in [1.165, 1.54) is 5.56 Å². The van der Waals surface area contributed by atoms with Crippen LogP contribution in [-0.4, -0.2) is 39.1 Å². The number of carbonyl (C=O) groups is 2. The zero-order valence-electron chi connectivity index (χ0n) is 17.7. The highest BCUT2D eigenvalue weighted by Gasteiger charge is 2.29. The van der Waals surface area contributed by atoms with E-state index in [0.29, 0.717) is 40.9 Å². The number of hydrogen-bond acceptors (Lipinski definition) is 3. The number of nitrogens with zero attached hydrogens (tertiary/aromatic N) is 3. The number of amides is 2. The lowest BCUT2D eigenvalue weighted by Gasteiger charge is -2.28. The Hall–Kier alpha value is -2.83. The lowest BCUT2D eigenvalue weighted by Crippen LogP contribution is -2.39. The van der Waals surface area contributed by atoms with Crippen LogP contribution in [0.2, 0.25) is 10.0 Å². The van der Waals surface area contributed by atoms with Crippen LogP contribution in [0.4, 0.5) is 0 Å². The predicted molar refractivity (Wildman–Crippen MR) is 125 cm³/mol. The topological polar surface area (TPSA) is 67.2 Å². The van der Waals surface area contributed by atoms with Crippen molar-refractivity contribution in [3.8, 4) is 0 Å². The summed E-state index contributed by atoms with van der Waals surface area (Å²) in [4.78, 5) is 27.4. The van der Waals surface area contributed by atoms with Crippen LogP contribution in [0.15, 0.2) is 54.6 Å². The van der Waals surface area contributed by atoms with Gasteiger partial charge in [0.2, 0.25) is 0 Å². The molecule has 1 aliphatic rings. The van der Waals surface area contributed by atoms with Gasteiger partial charge in [-0.1, -0.05) is 59.6 Å². The maximum absolute atomic E-state index is 13.0. The second-order valence-corrected chi connectivity index (χ2v) is 8.78. The van der Waals surface area contributed by atoms with Gasteiger partial charge in [-0.25, -0.2) is 0 Å². The fourth-order valence-corrected chi connectivity index (χ4v) is 4.29. The van der Waals surface area contributed by atoms with E-state index in [-0.39, 0.29) is 23.6 Å². The largest absolute Gasteiger partial charge is 0.348 e. The Morgan fingerprint density at radius 2 is 1.81 bits per heavy atom. The molecule has 0 saturated carbocycles. The molecule has 4 rings (SSSR count). The summed E-state index contributed by atoms with van der Waals surface area (Å²) in [6.45, 7) is 3.24. The molecule has 1 aliphatic heterocycles. The smallest absolute Gasteiger partial charge is 0.272 e. The maximum Gasteiger partial charge on any atom is 0.272 e. The number of aromatic nitrogens is 2. The van der Waals surface area contributed by atoms with E-state index in [1.54, 1.807) is 33.8 Å². The van der Waals surface area contributed by atoms with Crippen molar-refractivity contribution in [3.05, 3.63) is 87.2 Å². The van der Waals surface area contributed by atoms with Crippen LogP contribution in [-0.2, 0) is 19.5 Å². The summed E-state index contributed by atoms with van der Waals surface area (Å²) in [5.41, 5.74) is 2.58. The zero-order valence-corrected chi connectivity index (χ0v) is 19.2. The molecule has 0 spiro atoms. The summed E-state index contributed by atoms with van der Waals surface area (Å²) in [5.74, 6) is -0.475. The van der Waals surface area contributed by atoms with Crippen LogP contribution >= 0.6 is 23.2 Å². The molecule has 0 aliphatic carbocycles. The van der Waals surface area contributed by atoms with Crippen LogP contribution in [0.25, 0.3) is 0 Å². The van der Waals surface area contributed by atoms with E-state index in [1.807, 2.05) is 25.1 Å². The van der Waals surface area contributed by atoms with Crippen molar-refractivity contribution >= 4 is 35.0 Å². The molecule has 32 heavy (non-hydrogen) atoms. The number of fused-ring (bicyclic) bond motifs is 1. The minimum atomic E-state index is -0.277. The molecule has 2 heterocycles. The fraction of sp³-hybridized carbons (Fsp3) is 0.292. The molecular formula is C24H24Cl2N4O2. The Kier molecular flexibility index (Phi) is 6.82. The number of rotatable bonds is 7. The molecule has 1 N–H and O–H groups in total. The third-order valence-electron chi connectivity index (χ3n) is 5.60. The zero-order chi connectivity index (χ0) is 22.7. The molecule has 6 nitrogen and oxygen atoms in total. The van der Waals surface area contributed by atoms with Crippen LogP contribution in [0.3, 0.4) is 0 Å². The molecule has 0 radical (unpaired) electrons. The van der Waals surface area contributed by atoms with Gasteiger partial charge in [-0.2, -0.15) is 5.10 Å². The molecule has 1 aromatic heterocycles. The molecule has 1 atom stereocenters. The van der Waals surface area contributed by atoms with Gasteiger partial charge in [0.05, 0.1) is 6.54 Å². The molecule has 2 aromatic carbocycles. The number of benzene rings is 2. The first-order valence-electron chi connectivity index (χ1n) is 10.6. The molecule has 0 bridgehead atoms. The van der Waals surface area contributed by atoms with Gasteiger partial charge in [0, 0.05) is 40.8 Å². The minimum absolute atomic E-state index is 0.0176. The van der Waals surface area contributed by atoms with Crippen molar-refractivity contribution in [1.29, 1.82) is 0 Å². The Labute approximate surface area is 197 Å². The standard InChI is InChI=1S/C24H24Cl2N4O2/c1-16(10-11-17-6-3-2-4-7-17)27-23(31)21-14-22-24(32)29(12-13-30(22)28-21)15-18-19(25)8-5-9-20(18)26/h2-9,14,16H,10-13,15H2,1H3,(H,27,31). The molecule has 0 fully saturated rings. The van der Waals surface area contributed by atoms with Gasteiger partial charge in [-0.15, -0.1) is 0 Å². The van der Waals surface area contributed by atoms with Gasteiger partial charge < -0.3 is 10.2 Å². The molecule has 3 aromatic rings. The van der Waals surface area contributed by atoms with Gasteiger partial charge in [0.25, 0.3) is 11.8 Å². The predicted octanol–water partition coefficient (Wildman–Crippen LogP) is 4.60. The number of aryl methyl sites for hydroxylation is 1. The monoisotopic (exact) mass is 470 g/mol. The summed E-state index contributed by atoms with van der Waals surface area (Å²) in [6, 6.07) is 17.0. The van der Waals surface area contributed by atoms with Crippen molar-refractivity contribution in [2.45, 2.75) is 38.9 Å². The Balaban J connectivity index is 1.40. The molecule has 1 unspecified atom stereocenters. The molecule has 0 saturated heterocycles. The molecule has 8 heteroatoms. The van der Waals surface area contributed by atoms with E-state index in [0.717, 1.165) is 12.8 Å². The first-order valence-corrected chi connectivity index (χ1v) is 11.3. The van der Waals surface area contributed by atoms with Crippen LogP contribution in [0.1, 0.15) is 45.4 Å². The van der Waals surface area contributed by atoms with Gasteiger partial charge in [-0.05, 0) is 37.5 Å². The van der Waals surface area contributed by atoms with Crippen molar-refractivity contribution in [2.75, 3.05) is 6.54 Å². The van der Waals surface area contributed by atoms with Crippen LogP contribution in [0.5, 0.6) is 0 Å². The summed E-state index contributed by atoms with van der Waals surface area (Å²) in [7, 11) is 0. The van der Waals surface area contributed by atoms with E-state index in [4.69, 9.17) is 23.2 Å². The van der Waals surface area contributed by atoms with E-state index >= 15 is 0 Å². The number of nitrogens with one attached hydrogen (secondary N) is 1. The van der Waals surface area contributed by atoms with Crippen LogP contribution < -0.4 is 5.32 Å². The van der Waals surface area contributed by atoms with Crippen molar-refractivity contribution < 1.29 is 9.59 Å². The van der Waals surface area contributed by atoms with Gasteiger partial charge >= 0.3 is 0 Å². The Morgan fingerprint density at radius 1 is 1.09 bits per heavy atom. The SMILES string of the molecule is CC(CCc1ccccc1)NC(=O)c1cc2n(n1)CCN(Cc1c(Cl)cccc1Cl)C2=O. The Morgan fingerprint density at radius 3 is 2.53 bits per heavy atom. The first-order chi connectivity index (χ1) is 15.4. The van der Waals surface area contributed by atoms with E-state index < -0.39 is 0 Å². The number of carbonyl (C=O) groups excluding carboxylic acids is 2. The lowest BCUT2D eigenvalue weighted by atomic mass is 10.1. The molecule has 2 amide bonds. The quantitative estimate of drug-likeness (QED) is 0.548. The molecular weight excluding hydrogens is 447 g/mol. The Bertz CT molecular complexity index is 1110. The summed E-state index contributed by atoms with van der Waals surface area (Å²) in [6.07, 6.45) is 1.69. The third kappa shape index (κ3) is 4.97. The normalized spacial score (nSPS) is 14.2. The second-order valence-electron chi connectivity index (χ2n) is 7.96. The molecule has 166 valence electrons.